The molecule has 5 heteroatoms. The van der Waals surface area contributed by atoms with Crippen molar-refractivity contribution in [1.29, 1.82) is 0 Å². The Morgan fingerprint density at radius 3 is 2.36 bits per heavy atom. The van der Waals surface area contributed by atoms with Crippen LogP contribution in [0.4, 0.5) is 0 Å². The molecule has 0 heterocycles. The van der Waals surface area contributed by atoms with Crippen molar-refractivity contribution in [3.05, 3.63) is 0 Å². The van der Waals surface area contributed by atoms with Gasteiger partial charge in [0.25, 0.3) is 0 Å². The largest absolute Gasteiger partial charge is 0.480 e. The van der Waals surface area contributed by atoms with E-state index in [2.05, 4.69) is 0 Å². The van der Waals surface area contributed by atoms with Crippen molar-refractivity contribution < 1.29 is 9.90 Å². The number of carboxylic acid groups (broad SMARTS) is 1. The summed E-state index contributed by atoms with van der Waals surface area (Å²) in [5, 5.41) is 8.33. The highest BCUT2D eigenvalue weighted by molar-refractivity contribution is 5.85. The van der Waals surface area contributed by atoms with E-state index in [1.54, 1.807) is 0 Å². The molecule has 0 unspecified atom stereocenters. The molecule has 0 aromatic rings. The fourth-order valence-electron chi connectivity index (χ4n) is 0.632. The second-order valence-corrected chi connectivity index (χ2v) is 2.23. The molecule has 1 atom stereocenters. The highest BCUT2D eigenvalue weighted by Gasteiger charge is 2.09. The number of carbonyl (C=O) groups is 1. The molecule has 0 fully saturated rings. The average molecular weight is 184 g/mol. The van der Waals surface area contributed by atoms with Gasteiger partial charge in [-0.05, 0) is 19.4 Å². The van der Waals surface area contributed by atoms with Crippen molar-refractivity contribution in [3.8, 4) is 0 Å². The maximum absolute atomic E-state index is 10.1. The van der Waals surface area contributed by atoms with Crippen LogP contribution in [0.15, 0.2) is 0 Å². The van der Waals surface area contributed by atoms with Crippen molar-refractivity contribution >= 4 is 18.4 Å². The van der Waals surface area contributed by atoms with Crippen LogP contribution in [-0.2, 0) is 4.79 Å². The minimum absolute atomic E-state index is 0. The molecule has 0 saturated carbocycles. The highest BCUT2D eigenvalue weighted by atomic mass is 35.5. The van der Waals surface area contributed by atoms with Crippen LogP contribution in [0.3, 0.4) is 0 Å². The van der Waals surface area contributed by atoms with E-state index in [9.17, 15) is 4.79 Å². The zero-order valence-corrected chi connectivity index (χ0v) is 7.14. The second-order valence-electron chi connectivity index (χ2n) is 2.23. The van der Waals surface area contributed by atoms with Crippen molar-refractivity contribution in [2.75, 3.05) is 6.54 Å². The fourth-order valence-corrected chi connectivity index (χ4v) is 0.632. The van der Waals surface area contributed by atoms with Crippen LogP contribution in [0.2, 0.25) is 0 Å². The molecule has 0 radical (unpaired) electrons. The molecule has 0 amide bonds. The topological polar surface area (TPSA) is 89.3 Å². The van der Waals surface area contributed by atoms with Gasteiger partial charge in [-0.2, -0.15) is 0 Å². The Balaban J connectivity index is 0. The van der Waals surface area contributed by atoms with Gasteiger partial charge in [0.2, 0.25) is 0 Å². The molecule has 0 saturated heterocycles. The Morgan fingerprint density at radius 1 is 1.45 bits per heavy atom. The molecule has 5 N–H and O–H groups in total. The number of nitrogens with two attached hydrogens (primary N) is 2. The lowest BCUT2D eigenvalue weighted by Gasteiger charge is -2.03. The summed E-state index contributed by atoms with van der Waals surface area (Å²) >= 11 is 0. The van der Waals surface area contributed by atoms with Crippen LogP contribution in [0.5, 0.6) is 0 Å². The number of aliphatic carboxylic acids is 1. The number of carboxylic acids is 1. The second kappa shape index (κ2) is 7.78. The highest BCUT2D eigenvalue weighted by Crippen LogP contribution is 1.96. The van der Waals surface area contributed by atoms with E-state index in [1.807, 2.05) is 0 Å². The summed E-state index contributed by atoms with van der Waals surface area (Å²) in [4.78, 5) is 10.1. The SMILES string of the molecule is Cl.NCCCC[13C@H](N)C(=O)O. The van der Waals surface area contributed by atoms with Gasteiger partial charge in [0.1, 0.15) is 6.04 Å². The standard InChI is InChI=1S/C6H14N2O2.ClH/c7-4-2-1-3-5(8)6(9)10;/h5H,1-4,7-8H2,(H,9,10);1H/t5-;/m0./s1/i5+1;. The van der Waals surface area contributed by atoms with Crippen molar-refractivity contribution in [1.82, 2.24) is 0 Å². The molecule has 0 rings (SSSR count). The van der Waals surface area contributed by atoms with Gasteiger partial charge in [-0.1, -0.05) is 6.42 Å². The summed E-state index contributed by atoms with van der Waals surface area (Å²) in [6.07, 6.45) is 2.16. The molecule has 0 bridgehead atoms. The predicted molar refractivity (Wildman–Crippen MR) is 45.8 cm³/mol. The van der Waals surface area contributed by atoms with Crippen LogP contribution in [0.25, 0.3) is 0 Å². The monoisotopic (exact) mass is 183 g/mol. The summed E-state index contributed by atoms with van der Waals surface area (Å²) in [6, 6.07) is -0.716. The van der Waals surface area contributed by atoms with E-state index in [0.29, 0.717) is 13.0 Å². The quantitative estimate of drug-likeness (QED) is 0.412. The Bertz CT molecular complexity index is 111. The smallest absolute Gasteiger partial charge is 0.320 e. The van der Waals surface area contributed by atoms with Crippen LogP contribution in [0.1, 0.15) is 19.3 Å². The summed E-state index contributed by atoms with van der Waals surface area (Å²) in [5.41, 5.74) is 10.4. The number of hydrogen-bond acceptors (Lipinski definition) is 3. The molecular formula is C6H15ClN2O2. The summed E-state index contributed by atoms with van der Waals surface area (Å²) in [5.74, 6) is -0.933. The van der Waals surface area contributed by atoms with Gasteiger partial charge in [0.15, 0.2) is 0 Å². The first-order valence-electron chi connectivity index (χ1n) is 3.37. The number of unbranched alkanes of at least 4 members (excludes halogenated alkanes) is 1. The van der Waals surface area contributed by atoms with E-state index in [-0.39, 0.29) is 12.4 Å². The van der Waals surface area contributed by atoms with Gasteiger partial charge in [-0.3, -0.25) is 4.79 Å². The van der Waals surface area contributed by atoms with Crippen LogP contribution in [-0.4, -0.2) is 23.7 Å². The Morgan fingerprint density at radius 2 is 2.00 bits per heavy atom. The molecule has 4 nitrogen and oxygen atoms in total. The third kappa shape index (κ3) is 7.58. The number of hydrogen-bond donors (Lipinski definition) is 3. The van der Waals surface area contributed by atoms with Crippen molar-refractivity contribution in [3.63, 3.8) is 0 Å². The van der Waals surface area contributed by atoms with Gasteiger partial charge >= 0.3 is 5.97 Å². The molecule has 0 aromatic carbocycles. The normalized spacial score (nSPS) is 11.8. The van der Waals surface area contributed by atoms with E-state index in [4.69, 9.17) is 16.6 Å². The zero-order valence-electron chi connectivity index (χ0n) is 6.32. The van der Waals surface area contributed by atoms with Gasteiger partial charge < -0.3 is 16.6 Å². The van der Waals surface area contributed by atoms with E-state index >= 15 is 0 Å². The molecule has 68 valence electrons. The molecule has 0 spiro atoms. The number of rotatable bonds is 5. The first-order chi connectivity index (χ1) is 4.68. The maximum atomic E-state index is 10.1. The summed E-state index contributed by atoms with van der Waals surface area (Å²) in [6.45, 7) is 0.604. The van der Waals surface area contributed by atoms with Crippen molar-refractivity contribution in [2.45, 2.75) is 25.3 Å². The Hall–Kier alpha value is -0.320. The van der Waals surface area contributed by atoms with Gasteiger partial charge in [0, 0.05) is 0 Å². The van der Waals surface area contributed by atoms with E-state index < -0.39 is 12.0 Å². The lowest BCUT2D eigenvalue weighted by atomic mass is 10.3. The minimum atomic E-state index is -0.933. The summed E-state index contributed by atoms with van der Waals surface area (Å²) in [7, 11) is 0. The maximum Gasteiger partial charge on any atom is 0.320 e. The lowest BCUT2D eigenvalue weighted by molar-refractivity contribution is -0.138. The Labute approximate surface area is 72.4 Å². The van der Waals surface area contributed by atoms with Crippen LogP contribution in [0, 0.1) is 0 Å². The molecular weight excluding hydrogens is 169 g/mol. The molecule has 0 aliphatic rings. The average Bonchev–Trinajstić information content (AvgIpc) is 1.88. The fraction of sp³-hybridized carbons (Fsp3) is 0.833. The third-order valence-corrected chi connectivity index (χ3v) is 1.29. The van der Waals surface area contributed by atoms with E-state index in [1.165, 1.54) is 0 Å². The first-order valence-corrected chi connectivity index (χ1v) is 3.37. The zero-order chi connectivity index (χ0) is 7.98. The molecule has 0 aromatic heterocycles. The molecule has 11 heavy (non-hydrogen) atoms. The number of halogens is 1. The van der Waals surface area contributed by atoms with Crippen molar-refractivity contribution in [2.24, 2.45) is 11.5 Å². The molecule has 0 aliphatic heterocycles. The van der Waals surface area contributed by atoms with Gasteiger partial charge in [-0.25, -0.2) is 0 Å². The summed E-state index contributed by atoms with van der Waals surface area (Å²) < 4.78 is 0. The predicted octanol–water partition coefficient (Wildman–Crippen LogP) is -0.0509. The van der Waals surface area contributed by atoms with Gasteiger partial charge in [0.05, 0.1) is 0 Å². The van der Waals surface area contributed by atoms with Crippen LogP contribution < -0.4 is 11.5 Å². The minimum Gasteiger partial charge on any atom is -0.480 e. The van der Waals surface area contributed by atoms with E-state index in [0.717, 1.165) is 12.8 Å². The third-order valence-electron chi connectivity index (χ3n) is 1.29. The van der Waals surface area contributed by atoms with Gasteiger partial charge in [-0.15, -0.1) is 12.4 Å². The Kier molecular flexibility index (Phi) is 9.40. The lowest BCUT2D eigenvalue weighted by Crippen LogP contribution is -2.29. The molecule has 0 aliphatic carbocycles. The first kappa shape index (κ1) is 13.3. The van der Waals surface area contributed by atoms with Crippen LogP contribution >= 0.6 is 12.4 Å².